The Hall–Kier alpha value is -3.15. The molecule has 0 aromatic rings. The van der Waals surface area contributed by atoms with Gasteiger partial charge in [0.05, 0.1) is 0 Å². The summed E-state index contributed by atoms with van der Waals surface area (Å²) in [6.07, 6.45) is 63.5. The van der Waals surface area contributed by atoms with Crippen molar-refractivity contribution in [3.63, 3.8) is 0 Å². The molecule has 0 saturated carbocycles. The second-order valence-electron chi connectivity index (χ2n) is 17.1. The summed E-state index contributed by atoms with van der Waals surface area (Å²) in [7, 11) is 0. The van der Waals surface area contributed by atoms with E-state index in [4.69, 9.17) is 14.2 Å². The van der Waals surface area contributed by atoms with Crippen LogP contribution in [0.5, 0.6) is 0 Å². The van der Waals surface area contributed by atoms with Gasteiger partial charge in [0.15, 0.2) is 6.10 Å². The second-order valence-corrected chi connectivity index (χ2v) is 17.1. The molecule has 1 atom stereocenters. The molecular weight excluding hydrogens is 769 g/mol. The first kappa shape index (κ1) is 58.9. The lowest BCUT2D eigenvalue weighted by Crippen LogP contribution is -2.30. The van der Waals surface area contributed by atoms with E-state index < -0.39 is 6.10 Å². The van der Waals surface area contributed by atoms with Crippen LogP contribution in [0.1, 0.15) is 245 Å². The van der Waals surface area contributed by atoms with Crippen molar-refractivity contribution in [3.05, 3.63) is 72.9 Å². The number of carbonyl (C=O) groups excluding carboxylic acids is 3. The van der Waals surface area contributed by atoms with E-state index in [-0.39, 0.29) is 31.1 Å². The second kappa shape index (κ2) is 50.5. The number of hydrogen-bond donors (Lipinski definition) is 0. The minimum absolute atomic E-state index is 0.0784. The molecule has 0 aliphatic rings. The standard InChI is InChI=1S/C56H96O6/c1-4-7-10-13-16-18-20-21-22-23-24-25-26-27-28-29-30-31-32-33-34-35-36-38-40-43-46-49-55(58)61-52-53(51-60-54(57)48-45-42-39-15-12-9-6-3)62-56(59)50-47-44-41-37-19-17-14-11-8-5-2/h7,10-11,14,16,18,21-22,24-25,27-28,53H,4-6,8-9,12-13,15,17,19-20,23,26,29-52H2,1-3H3/b10-7-,14-11-,18-16-,22-21-,25-24-,28-27-. The number of ether oxygens (including phenoxy) is 3. The van der Waals surface area contributed by atoms with Crippen LogP contribution < -0.4 is 0 Å². The molecule has 0 rings (SSSR count). The highest BCUT2D eigenvalue weighted by Gasteiger charge is 2.19. The molecule has 0 saturated heterocycles. The van der Waals surface area contributed by atoms with E-state index >= 15 is 0 Å². The highest BCUT2D eigenvalue weighted by Crippen LogP contribution is 2.15. The summed E-state index contributed by atoms with van der Waals surface area (Å²) in [6, 6.07) is 0. The molecule has 62 heavy (non-hydrogen) atoms. The third kappa shape index (κ3) is 47.9. The van der Waals surface area contributed by atoms with Gasteiger partial charge in [-0.15, -0.1) is 0 Å². The van der Waals surface area contributed by atoms with Crippen LogP contribution in [-0.4, -0.2) is 37.2 Å². The fourth-order valence-electron chi connectivity index (χ4n) is 7.06. The van der Waals surface area contributed by atoms with Crippen LogP contribution in [0.4, 0.5) is 0 Å². The number of esters is 3. The summed E-state index contributed by atoms with van der Waals surface area (Å²) in [4.78, 5) is 37.7. The van der Waals surface area contributed by atoms with Crippen molar-refractivity contribution in [2.75, 3.05) is 13.2 Å². The Kier molecular flexibility index (Phi) is 47.9. The van der Waals surface area contributed by atoms with Crippen molar-refractivity contribution in [1.29, 1.82) is 0 Å². The third-order valence-corrected chi connectivity index (χ3v) is 10.9. The van der Waals surface area contributed by atoms with Crippen molar-refractivity contribution in [2.24, 2.45) is 0 Å². The van der Waals surface area contributed by atoms with Crippen molar-refractivity contribution < 1.29 is 28.6 Å². The number of unbranched alkanes of at least 4 members (excludes halogenated alkanes) is 23. The molecule has 0 fully saturated rings. The molecule has 0 bridgehead atoms. The van der Waals surface area contributed by atoms with Gasteiger partial charge >= 0.3 is 17.9 Å². The first-order valence-corrected chi connectivity index (χ1v) is 25.9. The Labute approximate surface area is 382 Å². The lowest BCUT2D eigenvalue weighted by atomic mass is 10.0. The van der Waals surface area contributed by atoms with E-state index in [1.807, 2.05) is 0 Å². The van der Waals surface area contributed by atoms with Crippen molar-refractivity contribution in [2.45, 2.75) is 252 Å². The van der Waals surface area contributed by atoms with Gasteiger partial charge in [0.2, 0.25) is 0 Å². The normalized spacial score (nSPS) is 12.6. The molecule has 0 radical (unpaired) electrons. The van der Waals surface area contributed by atoms with E-state index in [0.717, 1.165) is 109 Å². The van der Waals surface area contributed by atoms with Crippen LogP contribution in [0.3, 0.4) is 0 Å². The fourth-order valence-corrected chi connectivity index (χ4v) is 7.06. The first-order chi connectivity index (χ1) is 30.5. The topological polar surface area (TPSA) is 78.9 Å². The van der Waals surface area contributed by atoms with Gasteiger partial charge in [-0.3, -0.25) is 14.4 Å². The van der Waals surface area contributed by atoms with Crippen LogP contribution in [0.25, 0.3) is 0 Å². The zero-order valence-electron chi connectivity index (χ0n) is 40.6. The molecule has 6 heteroatoms. The van der Waals surface area contributed by atoms with E-state index in [2.05, 4.69) is 93.7 Å². The maximum Gasteiger partial charge on any atom is 0.306 e. The number of allylic oxidation sites excluding steroid dienone is 12. The zero-order chi connectivity index (χ0) is 45.1. The molecule has 0 aliphatic heterocycles. The van der Waals surface area contributed by atoms with E-state index in [1.165, 1.54) is 96.3 Å². The monoisotopic (exact) mass is 865 g/mol. The molecule has 6 nitrogen and oxygen atoms in total. The van der Waals surface area contributed by atoms with Gasteiger partial charge in [-0.2, -0.15) is 0 Å². The minimum atomic E-state index is -0.775. The molecule has 0 aliphatic carbocycles. The summed E-state index contributed by atoms with van der Waals surface area (Å²) in [5.41, 5.74) is 0. The molecule has 1 unspecified atom stereocenters. The average molecular weight is 865 g/mol. The van der Waals surface area contributed by atoms with Gasteiger partial charge in [0.1, 0.15) is 13.2 Å². The zero-order valence-corrected chi connectivity index (χ0v) is 40.6. The van der Waals surface area contributed by atoms with E-state index in [9.17, 15) is 14.4 Å². The summed E-state index contributed by atoms with van der Waals surface area (Å²) in [5.74, 6) is -0.899. The number of carbonyl (C=O) groups is 3. The molecule has 356 valence electrons. The van der Waals surface area contributed by atoms with Crippen molar-refractivity contribution in [3.8, 4) is 0 Å². The predicted molar refractivity (Wildman–Crippen MR) is 265 cm³/mol. The minimum Gasteiger partial charge on any atom is -0.462 e. The first-order valence-electron chi connectivity index (χ1n) is 25.9. The molecule has 0 aromatic carbocycles. The third-order valence-electron chi connectivity index (χ3n) is 10.9. The predicted octanol–water partition coefficient (Wildman–Crippen LogP) is 17.0. The molecule has 0 spiro atoms. The summed E-state index contributed by atoms with van der Waals surface area (Å²) in [6.45, 7) is 6.41. The van der Waals surface area contributed by atoms with E-state index in [1.54, 1.807) is 0 Å². The quantitative estimate of drug-likeness (QED) is 0.0262. The fraction of sp³-hybridized carbons (Fsp3) is 0.732. The van der Waals surface area contributed by atoms with Gasteiger partial charge in [0, 0.05) is 19.3 Å². The van der Waals surface area contributed by atoms with Crippen LogP contribution in [-0.2, 0) is 28.6 Å². The maximum absolute atomic E-state index is 12.7. The molecule has 0 N–H and O–H groups in total. The van der Waals surface area contributed by atoms with Crippen LogP contribution in [0, 0.1) is 0 Å². The van der Waals surface area contributed by atoms with E-state index in [0.29, 0.717) is 19.3 Å². The summed E-state index contributed by atoms with van der Waals surface area (Å²) in [5, 5.41) is 0. The smallest absolute Gasteiger partial charge is 0.306 e. The van der Waals surface area contributed by atoms with Gasteiger partial charge in [-0.25, -0.2) is 0 Å². The Morgan fingerprint density at radius 3 is 1.06 bits per heavy atom. The lowest BCUT2D eigenvalue weighted by Gasteiger charge is -2.18. The highest BCUT2D eigenvalue weighted by atomic mass is 16.6. The molecule has 0 heterocycles. The van der Waals surface area contributed by atoms with Gasteiger partial charge in [-0.1, -0.05) is 216 Å². The van der Waals surface area contributed by atoms with Crippen LogP contribution in [0.2, 0.25) is 0 Å². The lowest BCUT2D eigenvalue weighted by molar-refractivity contribution is -0.167. The average Bonchev–Trinajstić information content (AvgIpc) is 3.27. The van der Waals surface area contributed by atoms with Gasteiger partial charge in [0.25, 0.3) is 0 Å². The molecule has 0 amide bonds. The summed E-state index contributed by atoms with van der Waals surface area (Å²) < 4.78 is 16.7. The van der Waals surface area contributed by atoms with Crippen molar-refractivity contribution in [1.82, 2.24) is 0 Å². The number of rotatable bonds is 46. The largest absolute Gasteiger partial charge is 0.462 e. The SMILES string of the molecule is CC/C=C\C/C=C\C/C=C\C/C=C\C/C=C\CCCCCCCCCCCCCC(=O)OCC(COC(=O)CCCCCCCCC)OC(=O)CCCCCCC/C=C\CCC. The van der Waals surface area contributed by atoms with Crippen molar-refractivity contribution >= 4 is 17.9 Å². The highest BCUT2D eigenvalue weighted by molar-refractivity contribution is 5.71. The van der Waals surface area contributed by atoms with Crippen LogP contribution >= 0.6 is 0 Å². The van der Waals surface area contributed by atoms with Gasteiger partial charge in [-0.05, 0) is 83.5 Å². The Morgan fingerprint density at radius 2 is 0.661 bits per heavy atom. The Bertz CT molecular complexity index is 1180. The van der Waals surface area contributed by atoms with Crippen LogP contribution in [0.15, 0.2) is 72.9 Å². The van der Waals surface area contributed by atoms with Gasteiger partial charge < -0.3 is 14.2 Å². The number of hydrogen-bond acceptors (Lipinski definition) is 6. The maximum atomic E-state index is 12.7. The molecular formula is C56H96O6. The summed E-state index contributed by atoms with van der Waals surface area (Å²) >= 11 is 0. The molecule has 0 aromatic heterocycles. The Morgan fingerprint density at radius 1 is 0.339 bits per heavy atom. The Balaban J connectivity index is 4.09.